The number of likely N-dealkylation sites (tertiary alicyclic amines) is 1. The van der Waals surface area contributed by atoms with Crippen molar-refractivity contribution in [2.75, 3.05) is 26.2 Å². The van der Waals surface area contributed by atoms with Crippen LogP contribution in [-0.4, -0.2) is 54.4 Å². The standard InChI is InChI=1S/C15H29N3O2/c1-12(7-9-19)10-16-15(20)17-13-6-8-18(11-13)14-4-2-3-5-14/h12-14,19H,2-11H2,1H3,(H2,16,17,20). The van der Waals surface area contributed by atoms with Crippen molar-refractivity contribution in [1.29, 1.82) is 0 Å². The second-order valence-electron chi connectivity index (χ2n) is 6.39. The molecular weight excluding hydrogens is 254 g/mol. The molecule has 0 spiro atoms. The van der Waals surface area contributed by atoms with Crippen LogP contribution in [0.15, 0.2) is 0 Å². The van der Waals surface area contributed by atoms with Gasteiger partial charge in [-0.25, -0.2) is 4.79 Å². The molecule has 1 heterocycles. The minimum atomic E-state index is -0.0620. The summed E-state index contributed by atoms with van der Waals surface area (Å²) in [5.74, 6) is 0.323. The lowest BCUT2D eigenvalue weighted by Crippen LogP contribution is -2.45. The molecule has 0 bridgehead atoms. The Morgan fingerprint density at radius 3 is 2.80 bits per heavy atom. The zero-order valence-electron chi connectivity index (χ0n) is 12.6. The third-order valence-electron chi connectivity index (χ3n) is 4.63. The number of carbonyl (C=O) groups is 1. The predicted molar refractivity (Wildman–Crippen MR) is 79.6 cm³/mol. The Morgan fingerprint density at radius 2 is 2.10 bits per heavy atom. The van der Waals surface area contributed by atoms with Gasteiger partial charge in [-0.1, -0.05) is 19.8 Å². The molecule has 116 valence electrons. The van der Waals surface area contributed by atoms with Crippen LogP contribution in [0.25, 0.3) is 0 Å². The monoisotopic (exact) mass is 283 g/mol. The molecule has 2 fully saturated rings. The second-order valence-corrected chi connectivity index (χ2v) is 6.39. The highest BCUT2D eigenvalue weighted by Gasteiger charge is 2.30. The Kier molecular flexibility index (Phi) is 6.10. The summed E-state index contributed by atoms with van der Waals surface area (Å²) < 4.78 is 0. The molecule has 2 aliphatic rings. The number of carbonyl (C=O) groups excluding carboxylic acids is 1. The van der Waals surface area contributed by atoms with Crippen molar-refractivity contribution in [1.82, 2.24) is 15.5 Å². The topological polar surface area (TPSA) is 64.6 Å². The van der Waals surface area contributed by atoms with Crippen LogP contribution in [0.1, 0.15) is 45.4 Å². The molecule has 1 saturated heterocycles. The third kappa shape index (κ3) is 4.63. The van der Waals surface area contributed by atoms with E-state index in [0.29, 0.717) is 18.5 Å². The molecule has 2 atom stereocenters. The lowest BCUT2D eigenvalue weighted by Gasteiger charge is -2.23. The number of aliphatic hydroxyl groups is 1. The Morgan fingerprint density at radius 1 is 1.35 bits per heavy atom. The van der Waals surface area contributed by atoms with E-state index in [2.05, 4.69) is 15.5 Å². The molecule has 0 aromatic heterocycles. The van der Waals surface area contributed by atoms with Crippen molar-refractivity contribution >= 4 is 6.03 Å². The number of aliphatic hydroxyl groups excluding tert-OH is 1. The van der Waals surface area contributed by atoms with Crippen molar-refractivity contribution in [3.8, 4) is 0 Å². The molecule has 2 rings (SSSR count). The molecule has 3 N–H and O–H groups in total. The summed E-state index contributed by atoms with van der Waals surface area (Å²) >= 11 is 0. The summed E-state index contributed by atoms with van der Waals surface area (Å²) in [5, 5.41) is 14.8. The quantitative estimate of drug-likeness (QED) is 0.689. The van der Waals surface area contributed by atoms with Crippen molar-refractivity contribution in [2.45, 2.75) is 57.5 Å². The number of nitrogens with zero attached hydrogens (tertiary/aromatic N) is 1. The Labute approximate surface area is 122 Å². The van der Waals surface area contributed by atoms with Crippen LogP contribution in [-0.2, 0) is 0 Å². The smallest absolute Gasteiger partial charge is 0.315 e. The van der Waals surface area contributed by atoms with Crippen LogP contribution in [0.3, 0.4) is 0 Å². The molecule has 20 heavy (non-hydrogen) atoms. The van der Waals surface area contributed by atoms with Gasteiger partial charge in [0.15, 0.2) is 0 Å². The average molecular weight is 283 g/mol. The van der Waals surface area contributed by atoms with Gasteiger partial charge in [0, 0.05) is 38.3 Å². The van der Waals surface area contributed by atoms with E-state index >= 15 is 0 Å². The molecule has 5 nitrogen and oxygen atoms in total. The predicted octanol–water partition coefficient (Wildman–Crippen LogP) is 1.32. The SMILES string of the molecule is CC(CCO)CNC(=O)NC1CCN(C2CCCC2)C1. The van der Waals surface area contributed by atoms with Crippen molar-refractivity contribution in [3.05, 3.63) is 0 Å². The third-order valence-corrected chi connectivity index (χ3v) is 4.63. The summed E-state index contributed by atoms with van der Waals surface area (Å²) in [7, 11) is 0. The molecule has 1 aliphatic carbocycles. The van der Waals surface area contributed by atoms with Gasteiger partial charge in [-0.05, 0) is 31.6 Å². The fraction of sp³-hybridized carbons (Fsp3) is 0.933. The molecular formula is C15H29N3O2. The molecule has 1 saturated carbocycles. The lowest BCUT2D eigenvalue weighted by atomic mass is 10.1. The number of hydrogen-bond donors (Lipinski definition) is 3. The Balaban J connectivity index is 1.62. The maximum absolute atomic E-state index is 11.8. The first kappa shape index (κ1) is 15.6. The molecule has 0 aromatic carbocycles. The van der Waals surface area contributed by atoms with Gasteiger partial charge in [-0.2, -0.15) is 0 Å². The zero-order valence-corrected chi connectivity index (χ0v) is 12.6. The maximum atomic E-state index is 11.8. The van der Waals surface area contributed by atoms with Crippen LogP contribution in [0.2, 0.25) is 0 Å². The first-order valence-electron chi connectivity index (χ1n) is 8.08. The summed E-state index contributed by atoms with van der Waals surface area (Å²) in [5.41, 5.74) is 0. The van der Waals surface area contributed by atoms with Crippen LogP contribution >= 0.6 is 0 Å². The fourth-order valence-electron chi connectivity index (χ4n) is 3.33. The van der Waals surface area contributed by atoms with E-state index in [-0.39, 0.29) is 12.6 Å². The van der Waals surface area contributed by atoms with Crippen molar-refractivity contribution in [3.63, 3.8) is 0 Å². The van der Waals surface area contributed by atoms with Gasteiger partial charge in [0.25, 0.3) is 0 Å². The number of amides is 2. The highest BCUT2D eigenvalue weighted by Crippen LogP contribution is 2.26. The van der Waals surface area contributed by atoms with Crippen LogP contribution < -0.4 is 10.6 Å². The fourth-order valence-corrected chi connectivity index (χ4v) is 3.33. The molecule has 2 amide bonds. The Hall–Kier alpha value is -0.810. The van der Waals surface area contributed by atoms with Crippen LogP contribution in [0.5, 0.6) is 0 Å². The van der Waals surface area contributed by atoms with E-state index in [4.69, 9.17) is 5.11 Å². The molecule has 5 heteroatoms. The summed E-state index contributed by atoms with van der Waals surface area (Å²) in [6.07, 6.45) is 7.19. The van der Waals surface area contributed by atoms with Gasteiger partial charge >= 0.3 is 6.03 Å². The number of rotatable bonds is 6. The van der Waals surface area contributed by atoms with Gasteiger partial charge < -0.3 is 15.7 Å². The van der Waals surface area contributed by atoms with E-state index in [0.717, 1.165) is 32.0 Å². The van der Waals surface area contributed by atoms with E-state index in [9.17, 15) is 4.79 Å². The minimum Gasteiger partial charge on any atom is -0.396 e. The van der Waals surface area contributed by atoms with E-state index in [1.165, 1.54) is 25.7 Å². The molecule has 1 aliphatic heterocycles. The van der Waals surface area contributed by atoms with E-state index < -0.39 is 0 Å². The van der Waals surface area contributed by atoms with Gasteiger partial charge in [0.1, 0.15) is 0 Å². The van der Waals surface area contributed by atoms with Crippen molar-refractivity contribution < 1.29 is 9.90 Å². The molecule has 2 unspecified atom stereocenters. The maximum Gasteiger partial charge on any atom is 0.315 e. The normalized spacial score (nSPS) is 25.8. The molecule has 0 aromatic rings. The number of nitrogens with one attached hydrogen (secondary N) is 2. The van der Waals surface area contributed by atoms with Crippen molar-refractivity contribution in [2.24, 2.45) is 5.92 Å². The first-order chi connectivity index (χ1) is 9.69. The molecule has 0 radical (unpaired) electrons. The lowest BCUT2D eigenvalue weighted by molar-refractivity contribution is 0.224. The Bertz CT molecular complexity index is 305. The average Bonchev–Trinajstić information content (AvgIpc) is 3.07. The number of hydrogen-bond acceptors (Lipinski definition) is 3. The van der Waals surface area contributed by atoms with Gasteiger partial charge in [0.2, 0.25) is 0 Å². The highest BCUT2D eigenvalue weighted by atomic mass is 16.3. The minimum absolute atomic E-state index is 0.0620. The largest absolute Gasteiger partial charge is 0.396 e. The summed E-state index contributed by atoms with van der Waals surface area (Å²) in [6, 6.07) is 0.992. The second kappa shape index (κ2) is 7.84. The highest BCUT2D eigenvalue weighted by molar-refractivity contribution is 5.74. The summed E-state index contributed by atoms with van der Waals surface area (Å²) in [4.78, 5) is 14.4. The first-order valence-corrected chi connectivity index (χ1v) is 8.08. The van der Waals surface area contributed by atoms with Crippen LogP contribution in [0, 0.1) is 5.92 Å². The van der Waals surface area contributed by atoms with E-state index in [1.54, 1.807) is 0 Å². The van der Waals surface area contributed by atoms with Gasteiger partial charge in [-0.3, -0.25) is 4.90 Å². The van der Waals surface area contributed by atoms with Gasteiger partial charge in [0.05, 0.1) is 0 Å². The van der Waals surface area contributed by atoms with E-state index in [1.807, 2.05) is 6.92 Å². The van der Waals surface area contributed by atoms with Gasteiger partial charge in [-0.15, -0.1) is 0 Å². The zero-order chi connectivity index (χ0) is 14.4. The van der Waals surface area contributed by atoms with Crippen LogP contribution in [0.4, 0.5) is 4.79 Å². The number of urea groups is 1. The summed E-state index contributed by atoms with van der Waals surface area (Å²) in [6.45, 7) is 4.98.